The number of nitrogens with one attached hydrogen (secondary N) is 1. The standard InChI is InChI=1S/C18H28N4O/c1-14-7-8-17-15(12-14)16(13-21(3)10-9-19-2)20-22(17)18-6-4-5-11-23-18/h7-8,12,18-19H,4-6,9-11,13H2,1-3H3. The fourth-order valence-corrected chi connectivity index (χ4v) is 3.21. The average molecular weight is 316 g/mol. The molecule has 3 rings (SSSR count). The molecule has 1 fully saturated rings. The summed E-state index contributed by atoms with van der Waals surface area (Å²) < 4.78 is 8.07. The highest BCUT2D eigenvalue weighted by Crippen LogP contribution is 2.29. The number of likely N-dealkylation sites (N-methyl/N-ethyl adjacent to an activating group) is 2. The third-order valence-electron chi connectivity index (χ3n) is 4.53. The van der Waals surface area contributed by atoms with Gasteiger partial charge >= 0.3 is 0 Å². The third kappa shape index (κ3) is 3.74. The molecule has 0 bridgehead atoms. The largest absolute Gasteiger partial charge is 0.356 e. The smallest absolute Gasteiger partial charge is 0.150 e. The molecule has 1 aliphatic rings. The van der Waals surface area contributed by atoms with E-state index in [1.54, 1.807) is 0 Å². The summed E-state index contributed by atoms with van der Waals surface area (Å²) >= 11 is 0. The van der Waals surface area contributed by atoms with Crippen LogP contribution in [0.15, 0.2) is 18.2 Å². The number of rotatable bonds is 6. The van der Waals surface area contributed by atoms with Crippen LogP contribution in [0, 0.1) is 6.92 Å². The fourth-order valence-electron chi connectivity index (χ4n) is 3.21. The lowest BCUT2D eigenvalue weighted by molar-refractivity contribution is -0.0369. The lowest BCUT2D eigenvalue weighted by atomic mass is 10.1. The monoisotopic (exact) mass is 316 g/mol. The van der Waals surface area contributed by atoms with Gasteiger partial charge in [-0.2, -0.15) is 5.10 Å². The summed E-state index contributed by atoms with van der Waals surface area (Å²) in [6, 6.07) is 6.60. The maximum absolute atomic E-state index is 5.96. The molecule has 1 aromatic carbocycles. The summed E-state index contributed by atoms with van der Waals surface area (Å²) in [4.78, 5) is 2.31. The molecule has 1 saturated heterocycles. The molecule has 0 saturated carbocycles. The van der Waals surface area contributed by atoms with E-state index in [1.807, 2.05) is 7.05 Å². The predicted molar refractivity (Wildman–Crippen MR) is 93.6 cm³/mol. The Morgan fingerprint density at radius 1 is 1.39 bits per heavy atom. The minimum atomic E-state index is 0.0883. The number of hydrogen-bond donors (Lipinski definition) is 1. The zero-order chi connectivity index (χ0) is 16.2. The second-order valence-electron chi connectivity index (χ2n) is 6.57. The minimum Gasteiger partial charge on any atom is -0.356 e. The van der Waals surface area contributed by atoms with E-state index in [4.69, 9.17) is 9.84 Å². The van der Waals surface area contributed by atoms with Crippen LogP contribution in [0.4, 0.5) is 0 Å². The van der Waals surface area contributed by atoms with Gasteiger partial charge in [0.2, 0.25) is 0 Å². The zero-order valence-electron chi connectivity index (χ0n) is 14.5. The van der Waals surface area contributed by atoms with Gasteiger partial charge in [0, 0.05) is 31.6 Å². The molecule has 2 aromatic rings. The number of fused-ring (bicyclic) bond motifs is 1. The van der Waals surface area contributed by atoms with Crippen molar-refractivity contribution in [1.82, 2.24) is 20.0 Å². The Labute approximate surface area is 138 Å². The van der Waals surface area contributed by atoms with Crippen LogP contribution in [0.25, 0.3) is 10.9 Å². The molecule has 0 aliphatic carbocycles. The number of hydrogen-bond acceptors (Lipinski definition) is 4. The molecule has 0 spiro atoms. The molecule has 1 atom stereocenters. The maximum Gasteiger partial charge on any atom is 0.150 e. The summed E-state index contributed by atoms with van der Waals surface area (Å²) in [6.07, 6.45) is 3.52. The normalized spacial score (nSPS) is 18.9. The van der Waals surface area contributed by atoms with Crippen molar-refractivity contribution in [3.05, 3.63) is 29.5 Å². The van der Waals surface area contributed by atoms with E-state index in [-0.39, 0.29) is 6.23 Å². The number of benzene rings is 1. The van der Waals surface area contributed by atoms with Gasteiger partial charge in [0.15, 0.2) is 6.23 Å². The topological polar surface area (TPSA) is 42.3 Å². The van der Waals surface area contributed by atoms with E-state index in [2.05, 4.69) is 47.1 Å². The second-order valence-corrected chi connectivity index (χ2v) is 6.57. The van der Waals surface area contributed by atoms with Crippen molar-refractivity contribution in [3.8, 4) is 0 Å². The third-order valence-corrected chi connectivity index (χ3v) is 4.53. The highest BCUT2D eigenvalue weighted by atomic mass is 16.5. The zero-order valence-corrected chi connectivity index (χ0v) is 14.5. The van der Waals surface area contributed by atoms with Crippen molar-refractivity contribution in [1.29, 1.82) is 0 Å². The van der Waals surface area contributed by atoms with Gasteiger partial charge in [-0.3, -0.25) is 4.90 Å². The van der Waals surface area contributed by atoms with Crippen molar-refractivity contribution < 1.29 is 4.74 Å². The van der Waals surface area contributed by atoms with Gasteiger partial charge in [-0.05, 0) is 52.4 Å². The van der Waals surface area contributed by atoms with E-state index in [1.165, 1.54) is 22.9 Å². The molecule has 0 radical (unpaired) electrons. The molecule has 0 amide bonds. The van der Waals surface area contributed by atoms with Gasteiger partial charge in [0.05, 0.1) is 11.2 Å². The number of ether oxygens (including phenoxy) is 1. The van der Waals surface area contributed by atoms with Gasteiger partial charge in [-0.25, -0.2) is 4.68 Å². The Balaban J connectivity index is 1.91. The molecular formula is C18H28N4O. The van der Waals surface area contributed by atoms with Crippen LogP contribution in [-0.4, -0.2) is 48.5 Å². The van der Waals surface area contributed by atoms with Crippen molar-refractivity contribution in [2.45, 2.75) is 39.0 Å². The molecule has 2 heterocycles. The first kappa shape index (κ1) is 16.4. The van der Waals surface area contributed by atoms with Crippen molar-refractivity contribution in [2.75, 3.05) is 33.8 Å². The molecular weight excluding hydrogens is 288 g/mol. The van der Waals surface area contributed by atoms with Crippen molar-refractivity contribution >= 4 is 10.9 Å². The Bertz CT molecular complexity index is 646. The Hall–Kier alpha value is -1.43. The van der Waals surface area contributed by atoms with Crippen LogP contribution in [0.2, 0.25) is 0 Å². The van der Waals surface area contributed by atoms with Gasteiger partial charge < -0.3 is 10.1 Å². The van der Waals surface area contributed by atoms with E-state index in [0.717, 1.165) is 44.8 Å². The van der Waals surface area contributed by atoms with Gasteiger partial charge in [-0.15, -0.1) is 0 Å². The van der Waals surface area contributed by atoms with Crippen molar-refractivity contribution in [3.63, 3.8) is 0 Å². The van der Waals surface area contributed by atoms with E-state index < -0.39 is 0 Å². The summed E-state index contributed by atoms with van der Waals surface area (Å²) in [7, 11) is 4.14. The Kier molecular flexibility index (Phi) is 5.30. The summed E-state index contributed by atoms with van der Waals surface area (Å²) in [6.45, 7) is 5.84. The van der Waals surface area contributed by atoms with E-state index >= 15 is 0 Å². The first-order valence-corrected chi connectivity index (χ1v) is 8.61. The lowest BCUT2D eigenvalue weighted by Gasteiger charge is -2.23. The van der Waals surface area contributed by atoms with Gasteiger partial charge in [0.1, 0.15) is 0 Å². The lowest BCUT2D eigenvalue weighted by Crippen LogP contribution is -2.27. The number of aromatic nitrogens is 2. The Morgan fingerprint density at radius 3 is 3.00 bits per heavy atom. The quantitative estimate of drug-likeness (QED) is 0.890. The van der Waals surface area contributed by atoms with Gasteiger partial charge in [-0.1, -0.05) is 11.6 Å². The molecule has 126 valence electrons. The van der Waals surface area contributed by atoms with Crippen molar-refractivity contribution in [2.24, 2.45) is 0 Å². The fraction of sp³-hybridized carbons (Fsp3) is 0.611. The Morgan fingerprint density at radius 2 is 2.26 bits per heavy atom. The molecule has 1 unspecified atom stereocenters. The summed E-state index contributed by atoms with van der Waals surface area (Å²) in [5.41, 5.74) is 3.62. The second kappa shape index (κ2) is 7.43. The molecule has 5 heteroatoms. The molecule has 23 heavy (non-hydrogen) atoms. The van der Waals surface area contributed by atoms with Crippen LogP contribution in [0.3, 0.4) is 0 Å². The molecule has 1 aromatic heterocycles. The molecule has 5 nitrogen and oxygen atoms in total. The highest BCUT2D eigenvalue weighted by molar-refractivity contribution is 5.82. The number of aryl methyl sites for hydroxylation is 1. The van der Waals surface area contributed by atoms with Crippen LogP contribution in [-0.2, 0) is 11.3 Å². The first-order chi connectivity index (χ1) is 11.2. The molecule has 1 N–H and O–H groups in total. The van der Waals surface area contributed by atoms with E-state index in [9.17, 15) is 0 Å². The summed E-state index contributed by atoms with van der Waals surface area (Å²) in [5, 5.41) is 9.39. The minimum absolute atomic E-state index is 0.0883. The average Bonchev–Trinajstić information content (AvgIpc) is 2.91. The maximum atomic E-state index is 5.96. The first-order valence-electron chi connectivity index (χ1n) is 8.61. The van der Waals surface area contributed by atoms with Crippen LogP contribution in [0.1, 0.15) is 36.7 Å². The highest BCUT2D eigenvalue weighted by Gasteiger charge is 2.21. The molecule has 1 aliphatic heterocycles. The van der Waals surface area contributed by atoms with Crippen LogP contribution in [0.5, 0.6) is 0 Å². The van der Waals surface area contributed by atoms with Crippen LogP contribution < -0.4 is 5.32 Å². The van der Waals surface area contributed by atoms with Crippen LogP contribution >= 0.6 is 0 Å². The SMILES string of the molecule is CNCCN(C)Cc1nn(C2CCCCO2)c2ccc(C)cc12. The van der Waals surface area contributed by atoms with Gasteiger partial charge in [0.25, 0.3) is 0 Å². The summed E-state index contributed by atoms with van der Waals surface area (Å²) in [5.74, 6) is 0. The van der Waals surface area contributed by atoms with E-state index in [0.29, 0.717) is 0 Å². The number of nitrogens with zero attached hydrogens (tertiary/aromatic N) is 3. The predicted octanol–water partition coefficient (Wildman–Crippen LogP) is 2.70.